The summed E-state index contributed by atoms with van der Waals surface area (Å²) in [6.07, 6.45) is 0. The average molecular weight is 392 g/mol. The molecule has 0 amide bonds. The standard InChI is InChI=1S/C20H16N4O3S/c1-2-27-19(26)14-7-9-15(10-8-14)23-20-24-18(22)17(28-20)16(25)13-5-3-12(11-21)4-6-13/h3-10H,2,22H2,1H3,(H,23,24). The first-order chi connectivity index (χ1) is 13.5. The molecule has 28 heavy (non-hydrogen) atoms. The maximum absolute atomic E-state index is 12.6. The van der Waals surface area contributed by atoms with E-state index in [0.29, 0.717) is 39.0 Å². The second-order valence-corrected chi connectivity index (χ2v) is 6.67. The van der Waals surface area contributed by atoms with E-state index in [1.54, 1.807) is 55.5 Å². The fourth-order valence-corrected chi connectivity index (χ4v) is 3.27. The van der Waals surface area contributed by atoms with Gasteiger partial charge in [-0.1, -0.05) is 11.3 Å². The molecule has 0 aliphatic rings. The van der Waals surface area contributed by atoms with Gasteiger partial charge in [0.05, 0.1) is 23.8 Å². The zero-order valence-electron chi connectivity index (χ0n) is 14.9. The van der Waals surface area contributed by atoms with Crippen LogP contribution >= 0.6 is 11.3 Å². The molecule has 3 N–H and O–H groups in total. The zero-order valence-corrected chi connectivity index (χ0v) is 15.7. The molecule has 0 unspecified atom stereocenters. The predicted molar refractivity (Wildman–Crippen MR) is 107 cm³/mol. The third-order valence-corrected chi connectivity index (χ3v) is 4.77. The molecule has 3 aromatic rings. The molecule has 7 nitrogen and oxygen atoms in total. The fourth-order valence-electron chi connectivity index (χ4n) is 2.40. The van der Waals surface area contributed by atoms with Gasteiger partial charge in [-0.15, -0.1) is 0 Å². The van der Waals surface area contributed by atoms with Gasteiger partial charge in [-0.05, 0) is 55.5 Å². The van der Waals surface area contributed by atoms with Crippen LogP contribution in [0.25, 0.3) is 0 Å². The van der Waals surface area contributed by atoms with Crippen LogP contribution < -0.4 is 11.1 Å². The Hall–Kier alpha value is -3.70. The third kappa shape index (κ3) is 4.16. The molecule has 140 valence electrons. The number of nitrogens with one attached hydrogen (secondary N) is 1. The number of hydrogen-bond donors (Lipinski definition) is 2. The van der Waals surface area contributed by atoms with E-state index in [-0.39, 0.29) is 17.6 Å². The van der Waals surface area contributed by atoms with Gasteiger partial charge in [0.15, 0.2) is 5.13 Å². The molecule has 0 saturated heterocycles. The van der Waals surface area contributed by atoms with Crippen molar-refractivity contribution in [3.8, 4) is 6.07 Å². The lowest BCUT2D eigenvalue weighted by atomic mass is 10.1. The summed E-state index contributed by atoms with van der Waals surface area (Å²) in [5.41, 5.74) is 7.96. The Morgan fingerprint density at radius 3 is 2.39 bits per heavy atom. The number of carbonyl (C=O) groups is 2. The second-order valence-electron chi connectivity index (χ2n) is 5.67. The first kappa shape index (κ1) is 19.1. The Morgan fingerprint density at radius 2 is 1.79 bits per heavy atom. The molecule has 3 rings (SSSR count). The van der Waals surface area contributed by atoms with E-state index < -0.39 is 0 Å². The van der Waals surface area contributed by atoms with E-state index in [9.17, 15) is 9.59 Å². The summed E-state index contributed by atoms with van der Waals surface area (Å²) in [6, 6.07) is 15.0. The summed E-state index contributed by atoms with van der Waals surface area (Å²) in [6.45, 7) is 2.06. The predicted octanol–water partition coefficient (Wildman–Crippen LogP) is 3.75. The number of ketones is 1. The van der Waals surface area contributed by atoms with E-state index in [4.69, 9.17) is 15.7 Å². The number of nitrogens with zero attached hydrogens (tertiary/aromatic N) is 2. The number of thiazole rings is 1. The normalized spacial score (nSPS) is 10.1. The number of rotatable bonds is 6. The minimum Gasteiger partial charge on any atom is -0.462 e. The van der Waals surface area contributed by atoms with Gasteiger partial charge in [-0.25, -0.2) is 9.78 Å². The van der Waals surface area contributed by atoms with Crippen molar-refractivity contribution >= 4 is 39.7 Å². The van der Waals surface area contributed by atoms with Gasteiger partial charge in [-0.3, -0.25) is 4.79 Å². The molecule has 0 radical (unpaired) electrons. The molecule has 0 spiro atoms. The Balaban J connectivity index is 1.75. The van der Waals surface area contributed by atoms with Crippen molar-refractivity contribution < 1.29 is 14.3 Å². The topological polar surface area (TPSA) is 118 Å². The van der Waals surface area contributed by atoms with Gasteiger partial charge in [0.25, 0.3) is 0 Å². The molecule has 0 aliphatic carbocycles. The van der Waals surface area contributed by atoms with Crippen molar-refractivity contribution in [1.82, 2.24) is 4.98 Å². The Morgan fingerprint density at radius 1 is 1.14 bits per heavy atom. The number of nitriles is 1. The molecule has 0 atom stereocenters. The SMILES string of the molecule is CCOC(=O)c1ccc(Nc2nc(N)c(C(=O)c3ccc(C#N)cc3)s2)cc1. The molecule has 2 aromatic carbocycles. The largest absolute Gasteiger partial charge is 0.462 e. The molecule has 0 saturated carbocycles. The van der Waals surface area contributed by atoms with Crippen LogP contribution in [0.1, 0.15) is 38.1 Å². The summed E-state index contributed by atoms with van der Waals surface area (Å²) >= 11 is 1.13. The zero-order chi connectivity index (χ0) is 20.1. The number of ether oxygens (including phenoxy) is 1. The van der Waals surface area contributed by atoms with Gasteiger partial charge in [0.2, 0.25) is 5.78 Å². The second kappa shape index (κ2) is 8.33. The van der Waals surface area contributed by atoms with Gasteiger partial charge in [0.1, 0.15) is 10.7 Å². The van der Waals surface area contributed by atoms with Crippen molar-refractivity contribution in [2.24, 2.45) is 0 Å². The number of anilines is 3. The van der Waals surface area contributed by atoms with E-state index in [0.717, 1.165) is 11.3 Å². The van der Waals surface area contributed by atoms with Gasteiger partial charge in [-0.2, -0.15) is 5.26 Å². The van der Waals surface area contributed by atoms with Crippen molar-refractivity contribution in [3.63, 3.8) is 0 Å². The van der Waals surface area contributed by atoms with E-state index in [1.165, 1.54) is 0 Å². The average Bonchev–Trinajstić information content (AvgIpc) is 3.08. The Kier molecular flexibility index (Phi) is 5.67. The highest BCUT2D eigenvalue weighted by Crippen LogP contribution is 2.29. The van der Waals surface area contributed by atoms with Crippen molar-refractivity contribution in [3.05, 3.63) is 70.1 Å². The van der Waals surface area contributed by atoms with Crippen LogP contribution in [0.15, 0.2) is 48.5 Å². The number of benzene rings is 2. The quantitative estimate of drug-likeness (QED) is 0.484. The number of carbonyl (C=O) groups excluding carboxylic acids is 2. The first-order valence-electron chi connectivity index (χ1n) is 8.37. The molecular formula is C20H16N4O3S. The van der Waals surface area contributed by atoms with Gasteiger partial charge in [0, 0.05) is 11.3 Å². The van der Waals surface area contributed by atoms with Crippen molar-refractivity contribution in [1.29, 1.82) is 5.26 Å². The molecule has 0 bridgehead atoms. The molecule has 0 fully saturated rings. The summed E-state index contributed by atoms with van der Waals surface area (Å²) in [4.78, 5) is 28.8. The van der Waals surface area contributed by atoms with Gasteiger partial charge >= 0.3 is 5.97 Å². The van der Waals surface area contributed by atoms with Crippen LogP contribution in [0.4, 0.5) is 16.6 Å². The summed E-state index contributed by atoms with van der Waals surface area (Å²) in [5.74, 6) is -0.516. The highest BCUT2D eigenvalue weighted by Gasteiger charge is 2.18. The highest BCUT2D eigenvalue weighted by atomic mass is 32.1. The maximum atomic E-state index is 12.6. The van der Waals surface area contributed by atoms with Crippen molar-refractivity contribution in [2.75, 3.05) is 17.7 Å². The summed E-state index contributed by atoms with van der Waals surface area (Å²) in [7, 11) is 0. The molecular weight excluding hydrogens is 376 g/mol. The first-order valence-corrected chi connectivity index (χ1v) is 9.19. The Labute approximate surface area is 165 Å². The summed E-state index contributed by atoms with van der Waals surface area (Å²) in [5, 5.41) is 12.4. The van der Waals surface area contributed by atoms with Crippen molar-refractivity contribution in [2.45, 2.75) is 6.92 Å². The van der Waals surface area contributed by atoms with Crippen LogP contribution in [0, 0.1) is 11.3 Å². The van der Waals surface area contributed by atoms with Gasteiger partial charge < -0.3 is 15.8 Å². The van der Waals surface area contributed by atoms with E-state index in [1.807, 2.05) is 6.07 Å². The number of esters is 1. The number of nitrogen functional groups attached to an aromatic ring is 1. The molecule has 1 aromatic heterocycles. The molecule has 0 aliphatic heterocycles. The molecule has 8 heteroatoms. The van der Waals surface area contributed by atoms with Crippen LogP contribution in [0.3, 0.4) is 0 Å². The van der Waals surface area contributed by atoms with Crippen LogP contribution in [-0.4, -0.2) is 23.3 Å². The van der Waals surface area contributed by atoms with Crippen LogP contribution in [0.2, 0.25) is 0 Å². The summed E-state index contributed by atoms with van der Waals surface area (Å²) < 4.78 is 4.95. The lowest BCUT2D eigenvalue weighted by molar-refractivity contribution is 0.0526. The lowest BCUT2D eigenvalue weighted by Gasteiger charge is -2.04. The van der Waals surface area contributed by atoms with Crippen LogP contribution in [-0.2, 0) is 4.74 Å². The minimum absolute atomic E-state index is 0.130. The smallest absolute Gasteiger partial charge is 0.338 e. The van der Waals surface area contributed by atoms with Crippen LogP contribution in [0.5, 0.6) is 0 Å². The minimum atomic E-state index is -0.386. The Bertz CT molecular complexity index is 1050. The van der Waals surface area contributed by atoms with E-state index >= 15 is 0 Å². The van der Waals surface area contributed by atoms with E-state index in [2.05, 4.69) is 10.3 Å². The fraction of sp³-hybridized carbons (Fsp3) is 0.100. The molecule has 1 heterocycles. The third-order valence-electron chi connectivity index (χ3n) is 3.78. The highest BCUT2D eigenvalue weighted by molar-refractivity contribution is 7.18. The monoisotopic (exact) mass is 392 g/mol. The number of hydrogen-bond acceptors (Lipinski definition) is 8. The number of nitrogens with two attached hydrogens (primary N) is 1. The number of aromatic nitrogens is 1. The maximum Gasteiger partial charge on any atom is 0.338 e. The lowest BCUT2D eigenvalue weighted by Crippen LogP contribution is -2.04.